The van der Waals surface area contributed by atoms with Gasteiger partial charge >= 0.3 is 0 Å². The van der Waals surface area contributed by atoms with Crippen molar-refractivity contribution in [3.8, 4) is 5.75 Å². The second kappa shape index (κ2) is 4.81. The molecule has 0 aromatic heterocycles. The summed E-state index contributed by atoms with van der Waals surface area (Å²) in [5.74, 6) is 0.254. The van der Waals surface area contributed by atoms with Crippen LogP contribution in [0.25, 0.3) is 0 Å². The van der Waals surface area contributed by atoms with Crippen LogP contribution in [0.2, 0.25) is 0 Å². The van der Waals surface area contributed by atoms with Gasteiger partial charge in [-0.2, -0.15) is 0 Å². The third kappa shape index (κ3) is 2.95. The molecule has 0 bridgehead atoms. The molecule has 1 aromatic carbocycles. The largest absolute Gasteiger partial charge is 0.507 e. The SMILES string of the molecule is CCCCCc1cc[c]c(O)c1. The maximum atomic E-state index is 9.11. The van der Waals surface area contributed by atoms with E-state index in [1.807, 2.05) is 6.07 Å². The molecule has 0 amide bonds. The van der Waals surface area contributed by atoms with Crippen LogP contribution in [0.1, 0.15) is 31.7 Å². The lowest BCUT2D eigenvalue weighted by molar-refractivity contribution is 0.473. The van der Waals surface area contributed by atoms with Crippen LogP contribution in [0, 0.1) is 6.07 Å². The van der Waals surface area contributed by atoms with E-state index in [0.717, 1.165) is 6.42 Å². The highest BCUT2D eigenvalue weighted by atomic mass is 16.3. The minimum Gasteiger partial charge on any atom is -0.507 e. The van der Waals surface area contributed by atoms with Gasteiger partial charge in [-0.3, -0.25) is 0 Å². The van der Waals surface area contributed by atoms with E-state index in [1.165, 1.54) is 24.8 Å². The normalized spacial score (nSPS) is 10.1. The van der Waals surface area contributed by atoms with Crippen LogP contribution in [-0.4, -0.2) is 5.11 Å². The van der Waals surface area contributed by atoms with E-state index in [4.69, 9.17) is 5.11 Å². The van der Waals surface area contributed by atoms with Crippen LogP contribution in [0.5, 0.6) is 5.75 Å². The summed E-state index contributed by atoms with van der Waals surface area (Å²) < 4.78 is 0. The van der Waals surface area contributed by atoms with Crippen LogP contribution in [0.15, 0.2) is 18.2 Å². The zero-order chi connectivity index (χ0) is 8.81. The Morgan fingerprint density at radius 2 is 2.25 bits per heavy atom. The molecular weight excluding hydrogens is 148 g/mol. The molecule has 0 aliphatic carbocycles. The second-order valence-corrected chi connectivity index (χ2v) is 3.04. The third-order valence-electron chi connectivity index (χ3n) is 1.92. The van der Waals surface area contributed by atoms with Gasteiger partial charge in [0.2, 0.25) is 0 Å². The quantitative estimate of drug-likeness (QED) is 0.676. The molecule has 12 heavy (non-hydrogen) atoms. The Kier molecular flexibility index (Phi) is 3.65. The van der Waals surface area contributed by atoms with Crippen LogP contribution >= 0.6 is 0 Å². The van der Waals surface area contributed by atoms with Gasteiger partial charge in [-0.1, -0.05) is 31.9 Å². The summed E-state index contributed by atoms with van der Waals surface area (Å²) in [6, 6.07) is 8.29. The Hall–Kier alpha value is -0.980. The summed E-state index contributed by atoms with van der Waals surface area (Å²) in [4.78, 5) is 0. The zero-order valence-electron chi connectivity index (χ0n) is 7.51. The number of aryl methyl sites for hydroxylation is 1. The van der Waals surface area contributed by atoms with Crippen molar-refractivity contribution in [3.05, 3.63) is 29.8 Å². The average Bonchev–Trinajstić information content (AvgIpc) is 2.05. The average molecular weight is 163 g/mol. The smallest absolute Gasteiger partial charge is 0.123 e. The molecule has 0 saturated heterocycles. The van der Waals surface area contributed by atoms with Gasteiger partial charge in [-0.05, 0) is 24.5 Å². The minimum absolute atomic E-state index is 0.254. The van der Waals surface area contributed by atoms with Crippen LogP contribution in [0.3, 0.4) is 0 Å². The van der Waals surface area contributed by atoms with Crippen molar-refractivity contribution in [2.24, 2.45) is 0 Å². The van der Waals surface area contributed by atoms with Crippen molar-refractivity contribution in [3.63, 3.8) is 0 Å². The van der Waals surface area contributed by atoms with Crippen molar-refractivity contribution in [1.29, 1.82) is 0 Å². The second-order valence-electron chi connectivity index (χ2n) is 3.04. The highest BCUT2D eigenvalue weighted by molar-refractivity contribution is 5.25. The first-order valence-electron chi connectivity index (χ1n) is 4.52. The molecule has 0 aliphatic rings. The topological polar surface area (TPSA) is 20.2 Å². The summed E-state index contributed by atoms with van der Waals surface area (Å²) >= 11 is 0. The van der Waals surface area contributed by atoms with Gasteiger partial charge in [0.05, 0.1) is 0 Å². The number of phenols is 1. The Balaban J connectivity index is 2.41. The summed E-state index contributed by atoms with van der Waals surface area (Å²) in [5.41, 5.74) is 1.21. The monoisotopic (exact) mass is 163 g/mol. The van der Waals surface area contributed by atoms with Gasteiger partial charge in [-0.15, -0.1) is 0 Å². The van der Waals surface area contributed by atoms with Crippen molar-refractivity contribution in [2.75, 3.05) is 0 Å². The molecule has 1 radical (unpaired) electrons. The molecule has 0 spiro atoms. The summed E-state index contributed by atoms with van der Waals surface area (Å²) in [5, 5.41) is 9.11. The molecule has 0 unspecified atom stereocenters. The molecule has 65 valence electrons. The Labute approximate surface area is 74.1 Å². The maximum Gasteiger partial charge on any atom is 0.123 e. The van der Waals surface area contributed by atoms with Gasteiger partial charge in [0.25, 0.3) is 0 Å². The molecule has 1 nitrogen and oxygen atoms in total. The molecule has 0 fully saturated rings. The third-order valence-corrected chi connectivity index (χ3v) is 1.92. The number of phenolic OH excluding ortho intramolecular Hbond substituents is 1. The van der Waals surface area contributed by atoms with Crippen molar-refractivity contribution in [2.45, 2.75) is 32.6 Å². The van der Waals surface area contributed by atoms with Crippen LogP contribution in [0.4, 0.5) is 0 Å². The molecule has 1 aromatic rings. The van der Waals surface area contributed by atoms with Crippen LogP contribution < -0.4 is 0 Å². The molecule has 0 aliphatic heterocycles. The molecule has 0 heterocycles. The number of rotatable bonds is 4. The Morgan fingerprint density at radius 1 is 1.42 bits per heavy atom. The van der Waals surface area contributed by atoms with Crippen molar-refractivity contribution < 1.29 is 5.11 Å². The highest BCUT2D eigenvalue weighted by Crippen LogP contribution is 2.12. The van der Waals surface area contributed by atoms with Gasteiger partial charge in [0.15, 0.2) is 0 Å². The fraction of sp³-hybridized carbons (Fsp3) is 0.455. The summed E-state index contributed by atoms with van der Waals surface area (Å²) in [6.07, 6.45) is 4.78. The lowest BCUT2D eigenvalue weighted by Crippen LogP contribution is -1.84. The Bertz CT molecular complexity index is 230. The van der Waals surface area contributed by atoms with E-state index in [9.17, 15) is 0 Å². The van der Waals surface area contributed by atoms with Gasteiger partial charge in [0.1, 0.15) is 5.75 Å². The van der Waals surface area contributed by atoms with E-state index in [2.05, 4.69) is 13.0 Å². The number of benzene rings is 1. The van der Waals surface area contributed by atoms with E-state index in [1.54, 1.807) is 12.1 Å². The summed E-state index contributed by atoms with van der Waals surface area (Å²) in [7, 11) is 0. The molecule has 1 rings (SSSR count). The maximum absolute atomic E-state index is 9.11. The van der Waals surface area contributed by atoms with Crippen LogP contribution in [-0.2, 0) is 6.42 Å². The number of unbranched alkanes of at least 4 members (excludes halogenated alkanes) is 2. The lowest BCUT2D eigenvalue weighted by atomic mass is 10.1. The first-order valence-corrected chi connectivity index (χ1v) is 4.52. The van der Waals surface area contributed by atoms with Gasteiger partial charge < -0.3 is 5.11 Å². The number of hydrogen-bond donors (Lipinski definition) is 1. The molecule has 0 atom stereocenters. The zero-order valence-corrected chi connectivity index (χ0v) is 7.51. The summed E-state index contributed by atoms with van der Waals surface area (Å²) in [6.45, 7) is 2.19. The van der Waals surface area contributed by atoms with E-state index in [-0.39, 0.29) is 5.75 Å². The first-order chi connectivity index (χ1) is 5.83. The van der Waals surface area contributed by atoms with Crippen molar-refractivity contribution in [1.82, 2.24) is 0 Å². The molecule has 1 heteroatoms. The number of hydrogen-bond acceptors (Lipinski definition) is 1. The van der Waals surface area contributed by atoms with Gasteiger partial charge in [-0.25, -0.2) is 0 Å². The first kappa shape index (κ1) is 9.11. The standard InChI is InChI=1S/C11H15O/c1-2-3-4-6-10-7-5-8-11(12)9-10/h5,7,9,12H,2-4,6H2,1H3. The molecule has 0 saturated carbocycles. The molecular formula is C11H15O. The number of aromatic hydroxyl groups is 1. The molecule has 1 N–H and O–H groups in total. The van der Waals surface area contributed by atoms with Crippen molar-refractivity contribution >= 4 is 0 Å². The van der Waals surface area contributed by atoms with E-state index in [0.29, 0.717) is 0 Å². The predicted molar refractivity (Wildman–Crippen MR) is 50.2 cm³/mol. The van der Waals surface area contributed by atoms with E-state index < -0.39 is 0 Å². The minimum atomic E-state index is 0.254. The van der Waals surface area contributed by atoms with E-state index >= 15 is 0 Å². The highest BCUT2D eigenvalue weighted by Gasteiger charge is 1.93. The Morgan fingerprint density at radius 3 is 2.92 bits per heavy atom. The lowest BCUT2D eigenvalue weighted by Gasteiger charge is -1.99. The fourth-order valence-corrected chi connectivity index (χ4v) is 1.23. The predicted octanol–water partition coefficient (Wildman–Crippen LogP) is 2.93. The van der Waals surface area contributed by atoms with Gasteiger partial charge in [0, 0.05) is 6.07 Å². The fourth-order valence-electron chi connectivity index (χ4n) is 1.23.